The van der Waals surface area contributed by atoms with Crippen molar-refractivity contribution >= 4 is 12.0 Å². The Bertz CT molecular complexity index is 1110. The number of carbonyl (C=O) groups excluding carboxylic acids is 2. The Morgan fingerprint density at radius 1 is 0.789 bits per heavy atom. The van der Waals surface area contributed by atoms with Gasteiger partial charge in [-0.15, -0.1) is 0 Å². The number of carbonyl (C=O) groups is 2. The fourth-order valence-corrected chi connectivity index (χ4v) is 4.37. The highest BCUT2D eigenvalue weighted by Gasteiger charge is 2.30. The van der Waals surface area contributed by atoms with Crippen LogP contribution in [0.3, 0.4) is 0 Å². The fourth-order valence-electron chi connectivity index (χ4n) is 4.37. The van der Waals surface area contributed by atoms with Gasteiger partial charge in [-0.1, -0.05) is 91.0 Å². The molecule has 3 N–H and O–H groups in total. The summed E-state index contributed by atoms with van der Waals surface area (Å²) in [5.74, 6) is -0.582. The maximum atomic E-state index is 13.3. The third-order valence-electron chi connectivity index (χ3n) is 6.24. The Hall–Kier alpha value is -3.64. The van der Waals surface area contributed by atoms with Gasteiger partial charge in [-0.2, -0.15) is 0 Å². The molecule has 0 heterocycles. The van der Waals surface area contributed by atoms with Crippen molar-refractivity contribution in [3.63, 3.8) is 0 Å². The van der Waals surface area contributed by atoms with E-state index in [2.05, 4.69) is 10.6 Å². The first-order valence-electron chi connectivity index (χ1n) is 13.3. The molecule has 0 bridgehead atoms. The molecule has 0 saturated heterocycles. The summed E-state index contributed by atoms with van der Waals surface area (Å²) in [4.78, 5) is 26.0. The zero-order valence-electron chi connectivity index (χ0n) is 22.6. The van der Waals surface area contributed by atoms with Crippen molar-refractivity contribution in [3.05, 3.63) is 108 Å². The van der Waals surface area contributed by atoms with E-state index in [1.54, 1.807) is 20.8 Å². The van der Waals surface area contributed by atoms with Gasteiger partial charge in [0.1, 0.15) is 5.60 Å². The number of amides is 2. The van der Waals surface area contributed by atoms with Gasteiger partial charge in [0.25, 0.3) is 0 Å². The lowest BCUT2D eigenvalue weighted by Gasteiger charge is -2.29. The summed E-state index contributed by atoms with van der Waals surface area (Å²) >= 11 is 0. The molecule has 6 heteroatoms. The van der Waals surface area contributed by atoms with Crippen LogP contribution in [0.5, 0.6) is 0 Å². The minimum Gasteiger partial charge on any atom is -0.444 e. The number of hydrogen-bond donors (Lipinski definition) is 3. The van der Waals surface area contributed by atoms with Crippen molar-refractivity contribution in [3.8, 4) is 0 Å². The van der Waals surface area contributed by atoms with Gasteiger partial charge in [-0.25, -0.2) is 4.79 Å². The Labute approximate surface area is 226 Å². The summed E-state index contributed by atoms with van der Waals surface area (Å²) in [5, 5.41) is 17.3. The summed E-state index contributed by atoms with van der Waals surface area (Å²) in [6.45, 7) is 5.90. The highest BCUT2D eigenvalue weighted by atomic mass is 16.6. The molecule has 3 aromatic carbocycles. The lowest BCUT2D eigenvalue weighted by Crippen LogP contribution is -2.48. The van der Waals surface area contributed by atoms with Gasteiger partial charge in [0.15, 0.2) is 0 Å². The van der Waals surface area contributed by atoms with Gasteiger partial charge < -0.3 is 20.5 Å². The lowest BCUT2D eigenvalue weighted by molar-refractivity contribution is -0.126. The van der Waals surface area contributed by atoms with Crippen LogP contribution in [0, 0.1) is 5.92 Å². The van der Waals surface area contributed by atoms with E-state index in [4.69, 9.17) is 4.74 Å². The lowest BCUT2D eigenvalue weighted by atomic mass is 9.88. The van der Waals surface area contributed by atoms with Crippen LogP contribution in [0.1, 0.15) is 43.9 Å². The van der Waals surface area contributed by atoms with Gasteiger partial charge in [0, 0.05) is 12.5 Å². The van der Waals surface area contributed by atoms with Crippen molar-refractivity contribution in [2.75, 3.05) is 6.54 Å². The number of aliphatic hydroxyl groups is 1. The molecule has 3 aromatic rings. The van der Waals surface area contributed by atoms with Crippen LogP contribution in [0.25, 0.3) is 0 Å². The molecule has 0 aliphatic carbocycles. The minimum absolute atomic E-state index is 0.112. The molecular formula is C32H40N2O4. The zero-order chi connectivity index (χ0) is 27.4. The molecule has 0 saturated carbocycles. The second-order valence-corrected chi connectivity index (χ2v) is 10.7. The van der Waals surface area contributed by atoms with Gasteiger partial charge in [-0.3, -0.25) is 4.79 Å². The minimum atomic E-state index is -0.962. The van der Waals surface area contributed by atoms with Crippen molar-refractivity contribution in [1.29, 1.82) is 0 Å². The van der Waals surface area contributed by atoms with E-state index in [-0.39, 0.29) is 12.3 Å². The summed E-state index contributed by atoms with van der Waals surface area (Å²) in [5.41, 5.74) is 2.47. The Kier molecular flexibility index (Phi) is 10.9. The predicted octanol–water partition coefficient (Wildman–Crippen LogP) is 5.09. The topological polar surface area (TPSA) is 87.7 Å². The van der Waals surface area contributed by atoms with E-state index in [0.717, 1.165) is 23.1 Å². The monoisotopic (exact) mass is 516 g/mol. The van der Waals surface area contributed by atoms with Gasteiger partial charge >= 0.3 is 6.09 Å². The summed E-state index contributed by atoms with van der Waals surface area (Å²) in [6, 6.07) is 28.8. The van der Waals surface area contributed by atoms with Crippen LogP contribution >= 0.6 is 0 Å². The molecule has 0 spiro atoms. The maximum absolute atomic E-state index is 13.3. The first-order valence-corrected chi connectivity index (χ1v) is 13.3. The molecular weight excluding hydrogens is 476 g/mol. The first kappa shape index (κ1) is 28.9. The largest absolute Gasteiger partial charge is 0.444 e. The highest BCUT2D eigenvalue weighted by molar-refractivity contribution is 5.79. The predicted molar refractivity (Wildman–Crippen MR) is 151 cm³/mol. The summed E-state index contributed by atoms with van der Waals surface area (Å²) in [6.07, 6.45) is 0.262. The number of hydrogen-bond acceptors (Lipinski definition) is 4. The van der Waals surface area contributed by atoms with Crippen LogP contribution in [0.15, 0.2) is 91.0 Å². The molecule has 6 nitrogen and oxygen atoms in total. The van der Waals surface area contributed by atoms with Crippen molar-refractivity contribution in [2.24, 2.45) is 5.92 Å². The van der Waals surface area contributed by atoms with Gasteiger partial charge in [0.2, 0.25) is 5.91 Å². The number of alkyl carbamates (subject to hydrolysis) is 1. The molecule has 0 aliphatic heterocycles. The third-order valence-corrected chi connectivity index (χ3v) is 6.24. The van der Waals surface area contributed by atoms with E-state index in [1.165, 1.54) is 0 Å². The van der Waals surface area contributed by atoms with Crippen molar-refractivity contribution in [2.45, 2.75) is 64.2 Å². The Balaban J connectivity index is 1.73. The van der Waals surface area contributed by atoms with Crippen molar-refractivity contribution < 1.29 is 19.4 Å². The summed E-state index contributed by atoms with van der Waals surface area (Å²) < 4.78 is 5.46. The molecule has 2 amide bonds. The van der Waals surface area contributed by atoms with Crippen LogP contribution in [-0.2, 0) is 28.8 Å². The molecule has 0 fully saturated rings. The van der Waals surface area contributed by atoms with Crippen LogP contribution in [-0.4, -0.2) is 41.4 Å². The molecule has 0 aliphatic rings. The van der Waals surface area contributed by atoms with Gasteiger partial charge in [0.05, 0.1) is 12.1 Å². The first-order chi connectivity index (χ1) is 18.2. The average Bonchev–Trinajstić information content (AvgIpc) is 2.88. The fraction of sp³-hybridized carbons (Fsp3) is 0.375. The standard InChI is InChI=1S/C32H40N2O4/c1-32(2,3)38-31(37)34-28(22-26-17-11-6-12-18-26)29(35)23-27(21-25-15-9-5-10-16-25)30(36)33-20-19-24-13-7-4-8-14-24/h4-18,27-29,35H,19-23H2,1-3H3,(H,33,36)(H,34,37)/t27-,28-,29-/m0/s1. The molecule has 0 unspecified atom stereocenters. The second kappa shape index (κ2) is 14.3. The third kappa shape index (κ3) is 10.4. The number of nitrogens with one attached hydrogen (secondary N) is 2. The van der Waals surface area contributed by atoms with Crippen LogP contribution in [0.2, 0.25) is 0 Å². The second-order valence-electron chi connectivity index (χ2n) is 10.7. The SMILES string of the molecule is CC(C)(C)OC(=O)N[C@@H](Cc1ccccc1)[C@@H](O)C[C@H](Cc1ccccc1)C(=O)NCCc1ccccc1. The number of aliphatic hydroxyl groups excluding tert-OH is 1. The van der Waals surface area contributed by atoms with E-state index in [0.29, 0.717) is 19.4 Å². The Morgan fingerprint density at radius 2 is 1.29 bits per heavy atom. The quantitative estimate of drug-likeness (QED) is 0.313. The molecule has 202 valence electrons. The molecule has 38 heavy (non-hydrogen) atoms. The molecule has 0 radical (unpaired) electrons. The van der Waals surface area contributed by atoms with Crippen LogP contribution in [0.4, 0.5) is 4.79 Å². The normalized spacial score (nSPS) is 13.7. The molecule has 0 aromatic heterocycles. The van der Waals surface area contributed by atoms with E-state index in [1.807, 2.05) is 91.0 Å². The van der Waals surface area contributed by atoms with E-state index < -0.39 is 29.8 Å². The van der Waals surface area contributed by atoms with Gasteiger partial charge in [-0.05, 0) is 63.1 Å². The molecule has 3 rings (SSSR count). The highest BCUT2D eigenvalue weighted by Crippen LogP contribution is 2.19. The number of ether oxygens (including phenoxy) is 1. The number of rotatable bonds is 12. The molecule has 3 atom stereocenters. The van der Waals surface area contributed by atoms with Crippen molar-refractivity contribution in [1.82, 2.24) is 10.6 Å². The smallest absolute Gasteiger partial charge is 0.407 e. The van der Waals surface area contributed by atoms with Crippen LogP contribution < -0.4 is 10.6 Å². The maximum Gasteiger partial charge on any atom is 0.407 e. The Morgan fingerprint density at radius 3 is 1.82 bits per heavy atom. The van der Waals surface area contributed by atoms with E-state index in [9.17, 15) is 14.7 Å². The zero-order valence-corrected chi connectivity index (χ0v) is 22.6. The number of benzene rings is 3. The van der Waals surface area contributed by atoms with E-state index >= 15 is 0 Å². The average molecular weight is 517 g/mol. The summed E-state index contributed by atoms with van der Waals surface area (Å²) in [7, 11) is 0.